The van der Waals surface area contributed by atoms with Gasteiger partial charge in [-0.25, -0.2) is 4.39 Å². The molecule has 0 unspecified atom stereocenters. The molecule has 0 saturated heterocycles. The summed E-state index contributed by atoms with van der Waals surface area (Å²) in [4.78, 5) is 3.64. The highest BCUT2D eigenvalue weighted by atomic mass is 32.2. The van der Waals surface area contributed by atoms with Gasteiger partial charge in [0.15, 0.2) is 0 Å². The Morgan fingerprint density at radius 2 is 2.00 bits per heavy atom. The van der Waals surface area contributed by atoms with Crippen molar-refractivity contribution in [3.8, 4) is 0 Å². The predicted molar refractivity (Wildman–Crippen MR) is 74.1 cm³/mol. The van der Waals surface area contributed by atoms with Crippen LogP contribution in [-0.2, 0) is 12.2 Å². The summed E-state index contributed by atoms with van der Waals surface area (Å²) in [5, 5.41) is 0. The number of nitrogens with two attached hydrogens (primary N) is 1. The third kappa shape index (κ3) is 3.23. The number of thiophene rings is 1. The fraction of sp³-hybridized carbons (Fsp3) is 0.231. The summed E-state index contributed by atoms with van der Waals surface area (Å²) < 4.78 is 13.2. The van der Waals surface area contributed by atoms with Crippen molar-refractivity contribution in [2.24, 2.45) is 0 Å². The molecule has 0 amide bonds. The van der Waals surface area contributed by atoms with Crippen LogP contribution in [0.3, 0.4) is 0 Å². The Kier molecular flexibility index (Phi) is 4.07. The van der Waals surface area contributed by atoms with E-state index in [1.807, 2.05) is 17.4 Å². The number of rotatable bonds is 4. The standard InChI is InChI=1S/C13H14FNS2/c1-2-9-3-4-11(17-9)8-16-10-5-6-13(15)12(14)7-10/h3-7H,2,8,15H2,1H3. The Balaban J connectivity index is 1.99. The van der Waals surface area contributed by atoms with E-state index in [-0.39, 0.29) is 11.5 Å². The zero-order chi connectivity index (χ0) is 12.3. The zero-order valence-electron chi connectivity index (χ0n) is 9.57. The van der Waals surface area contributed by atoms with Crippen LogP contribution in [0.1, 0.15) is 16.7 Å². The first-order chi connectivity index (χ1) is 8.19. The lowest BCUT2D eigenvalue weighted by Gasteiger charge is -2.01. The first kappa shape index (κ1) is 12.5. The minimum absolute atomic E-state index is 0.207. The van der Waals surface area contributed by atoms with Crippen molar-refractivity contribution < 1.29 is 4.39 Å². The summed E-state index contributed by atoms with van der Waals surface area (Å²) in [6.07, 6.45) is 1.08. The molecule has 0 fully saturated rings. The van der Waals surface area contributed by atoms with Gasteiger partial charge < -0.3 is 5.73 Å². The molecule has 2 N–H and O–H groups in total. The fourth-order valence-corrected chi connectivity index (χ4v) is 3.36. The molecule has 2 rings (SSSR count). The number of anilines is 1. The van der Waals surface area contributed by atoms with Gasteiger partial charge in [-0.05, 0) is 36.8 Å². The van der Waals surface area contributed by atoms with E-state index < -0.39 is 0 Å². The third-order valence-corrected chi connectivity index (χ3v) is 4.87. The van der Waals surface area contributed by atoms with Gasteiger partial charge in [0.2, 0.25) is 0 Å². The Bertz CT molecular complexity index is 508. The van der Waals surface area contributed by atoms with E-state index in [0.29, 0.717) is 0 Å². The Labute approximate surface area is 109 Å². The normalized spacial score (nSPS) is 10.7. The maximum Gasteiger partial charge on any atom is 0.147 e. The summed E-state index contributed by atoms with van der Waals surface area (Å²) in [6.45, 7) is 2.15. The molecular weight excluding hydrogens is 253 g/mol. The Morgan fingerprint density at radius 1 is 1.24 bits per heavy atom. The van der Waals surface area contributed by atoms with Crippen LogP contribution in [0.5, 0.6) is 0 Å². The lowest BCUT2D eigenvalue weighted by atomic mass is 10.3. The Morgan fingerprint density at radius 3 is 2.65 bits per heavy atom. The SMILES string of the molecule is CCc1ccc(CSc2ccc(N)c(F)c2)s1. The first-order valence-electron chi connectivity index (χ1n) is 5.44. The van der Waals surface area contributed by atoms with Gasteiger partial charge in [0.25, 0.3) is 0 Å². The third-order valence-electron chi connectivity index (χ3n) is 2.42. The molecule has 4 heteroatoms. The number of hydrogen-bond acceptors (Lipinski definition) is 3. The van der Waals surface area contributed by atoms with E-state index >= 15 is 0 Å². The topological polar surface area (TPSA) is 26.0 Å². The summed E-state index contributed by atoms with van der Waals surface area (Å²) in [7, 11) is 0. The predicted octanol–water partition coefficient (Wildman–Crippen LogP) is 4.32. The van der Waals surface area contributed by atoms with Gasteiger partial charge >= 0.3 is 0 Å². The monoisotopic (exact) mass is 267 g/mol. The van der Waals surface area contributed by atoms with Crippen LogP contribution >= 0.6 is 23.1 Å². The van der Waals surface area contributed by atoms with E-state index in [4.69, 9.17) is 5.73 Å². The molecule has 0 saturated carbocycles. The smallest absolute Gasteiger partial charge is 0.147 e. The number of halogens is 1. The molecule has 1 aromatic heterocycles. The second-order valence-corrected chi connectivity index (χ2v) is 6.00. The van der Waals surface area contributed by atoms with Gasteiger partial charge in [-0.3, -0.25) is 0 Å². The highest BCUT2D eigenvalue weighted by Gasteiger charge is 2.03. The van der Waals surface area contributed by atoms with E-state index in [2.05, 4.69) is 19.1 Å². The quantitative estimate of drug-likeness (QED) is 0.659. The molecule has 0 aliphatic heterocycles. The van der Waals surface area contributed by atoms with Crippen molar-refractivity contribution >= 4 is 28.8 Å². The van der Waals surface area contributed by atoms with Gasteiger partial charge in [-0.15, -0.1) is 23.1 Å². The molecular formula is C13H14FNS2. The number of nitrogen functional groups attached to an aromatic ring is 1. The summed E-state index contributed by atoms with van der Waals surface area (Å²) in [5.74, 6) is 0.545. The molecule has 0 atom stereocenters. The van der Waals surface area contributed by atoms with Crippen molar-refractivity contribution in [1.82, 2.24) is 0 Å². The minimum Gasteiger partial charge on any atom is -0.396 e. The summed E-state index contributed by atoms with van der Waals surface area (Å²) in [5.41, 5.74) is 5.64. The minimum atomic E-state index is -0.338. The molecule has 1 nitrogen and oxygen atoms in total. The van der Waals surface area contributed by atoms with Gasteiger partial charge in [0.05, 0.1) is 5.69 Å². The lowest BCUT2D eigenvalue weighted by molar-refractivity contribution is 0.629. The molecule has 2 aromatic rings. The Hall–Kier alpha value is -1.00. The number of benzene rings is 1. The van der Waals surface area contributed by atoms with Crippen LogP contribution in [0, 0.1) is 5.82 Å². The van der Waals surface area contributed by atoms with E-state index in [0.717, 1.165) is 17.1 Å². The van der Waals surface area contributed by atoms with Crippen LogP contribution in [0.25, 0.3) is 0 Å². The number of hydrogen-bond donors (Lipinski definition) is 1. The average Bonchev–Trinajstić information content (AvgIpc) is 2.79. The van der Waals surface area contributed by atoms with Crippen LogP contribution in [0.2, 0.25) is 0 Å². The molecule has 1 heterocycles. The average molecular weight is 267 g/mol. The molecule has 0 spiro atoms. The van der Waals surface area contributed by atoms with Crippen LogP contribution < -0.4 is 5.73 Å². The van der Waals surface area contributed by atoms with Gasteiger partial charge in [0, 0.05) is 20.4 Å². The zero-order valence-corrected chi connectivity index (χ0v) is 11.2. The largest absolute Gasteiger partial charge is 0.396 e. The van der Waals surface area contributed by atoms with Gasteiger partial charge in [0.1, 0.15) is 5.82 Å². The van der Waals surface area contributed by atoms with Crippen molar-refractivity contribution in [3.05, 3.63) is 45.9 Å². The van der Waals surface area contributed by atoms with Crippen molar-refractivity contribution in [1.29, 1.82) is 0 Å². The van der Waals surface area contributed by atoms with Crippen molar-refractivity contribution in [3.63, 3.8) is 0 Å². The van der Waals surface area contributed by atoms with E-state index in [9.17, 15) is 4.39 Å². The molecule has 0 bridgehead atoms. The van der Waals surface area contributed by atoms with Crippen LogP contribution in [0.15, 0.2) is 35.2 Å². The van der Waals surface area contributed by atoms with E-state index in [1.54, 1.807) is 17.8 Å². The summed E-state index contributed by atoms with van der Waals surface area (Å²) >= 11 is 3.46. The number of aryl methyl sites for hydroxylation is 1. The highest BCUT2D eigenvalue weighted by Crippen LogP contribution is 2.28. The van der Waals surface area contributed by atoms with Crippen molar-refractivity contribution in [2.45, 2.75) is 24.0 Å². The fourth-order valence-electron chi connectivity index (χ4n) is 1.44. The molecule has 90 valence electrons. The molecule has 1 aromatic carbocycles. The van der Waals surface area contributed by atoms with Crippen LogP contribution in [-0.4, -0.2) is 0 Å². The lowest BCUT2D eigenvalue weighted by Crippen LogP contribution is -1.89. The molecule has 17 heavy (non-hydrogen) atoms. The molecule has 0 aliphatic carbocycles. The van der Waals surface area contributed by atoms with Gasteiger partial charge in [-0.1, -0.05) is 6.92 Å². The summed E-state index contributed by atoms with van der Waals surface area (Å²) in [6, 6.07) is 9.27. The van der Waals surface area contributed by atoms with E-state index in [1.165, 1.54) is 15.8 Å². The maximum absolute atomic E-state index is 13.2. The molecule has 0 radical (unpaired) electrons. The van der Waals surface area contributed by atoms with Crippen molar-refractivity contribution in [2.75, 3.05) is 5.73 Å². The number of thioether (sulfide) groups is 1. The maximum atomic E-state index is 13.2. The second kappa shape index (κ2) is 5.56. The van der Waals surface area contributed by atoms with Crippen LogP contribution in [0.4, 0.5) is 10.1 Å². The highest BCUT2D eigenvalue weighted by molar-refractivity contribution is 7.98. The van der Waals surface area contributed by atoms with Gasteiger partial charge in [-0.2, -0.15) is 0 Å². The molecule has 0 aliphatic rings. The first-order valence-corrected chi connectivity index (χ1v) is 7.24. The second-order valence-electron chi connectivity index (χ2n) is 3.69.